The van der Waals surface area contributed by atoms with E-state index >= 15 is 0 Å². The second kappa shape index (κ2) is 3.71. The molecule has 0 N–H and O–H groups in total. The first-order valence-electron chi connectivity index (χ1n) is 3.36. The lowest BCUT2D eigenvalue weighted by molar-refractivity contribution is 0.0599. The molecule has 0 aliphatic carbocycles. The molecule has 0 amide bonds. The average Bonchev–Trinajstić information content (AvgIpc) is 2.45. The minimum atomic E-state index is -0.349. The number of hydrogen-bond donors (Lipinski definition) is 0. The van der Waals surface area contributed by atoms with E-state index in [-0.39, 0.29) is 5.97 Å². The van der Waals surface area contributed by atoms with Gasteiger partial charge in [-0.15, -0.1) is 0 Å². The van der Waals surface area contributed by atoms with Crippen LogP contribution in [-0.4, -0.2) is 22.9 Å². The molecule has 0 aromatic carbocycles. The molecule has 0 unspecified atom stereocenters. The summed E-state index contributed by atoms with van der Waals surface area (Å²) in [6, 6.07) is 0. The minimum Gasteiger partial charge on any atom is -0.465 e. The van der Waals surface area contributed by atoms with Gasteiger partial charge in [-0.25, -0.2) is 4.79 Å². The van der Waals surface area contributed by atoms with Gasteiger partial charge in [-0.05, 0) is 0 Å². The van der Waals surface area contributed by atoms with Gasteiger partial charge in [0.05, 0.1) is 19.0 Å². The molecule has 0 bridgehead atoms. The molecule has 1 rings (SSSR count). The van der Waals surface area contributed by atoms with Crippen molar-refractivity contribution in [2.45, 2.75) is 5.33 Å². The summed E-state index contributed by atoms with van der Waals surface area (Å²) >= 11 is 3.27. The van der Waals surface area contributed by atoms with Gasteiger partial charge in [0.15, 0.2) is 0 Å². The van der Waals surface area contributed by atoms with Crippen molar-refractivity contribution in [3.8, 4) is 0 Å². The van der Waals surface area contributed by atoms with Crippen LogP contribution in [0, 0.1) is 0 Å². The molecule has 0 aliphatic heterocycles. The molecule has 0 radical (unpaired) electrons. The predicted octanol–water partition coefficient (Wildman–Crippen LogP) is 1.10. The van der Waals surface area contributed by atoms with E-state index in [4.69, 9.17) is 0 Å². The van der Waals surface area contributed by atoms with Crippen molar-refractivity contribution >= 4 is 21.9 Å². The van der Waals surface area contributed by atoms with E-state index in [0.29, 0.717) is 10.9 Å². The maximum Gasteiger partial charge on any atom is 0.341 e. The lowest BCUT2D eigenvalue weighted by Gasteiger charge is -1.99. The summed E-state index contributed by atoms with van der Waals surface area (Å²) < 4.78 is 6.22. The standard InChI is InChI=1S/C7H9BrN2O2/c1-10-6(3-8)5(4-9-10)7(11)12-2/h4H,3H2,1-2H3. The quantitative estimate of drug-likeness (QED) is 0.567. The number of ether oxygens (including phenoxy) is 1. The Labute approximate surface area is 78.6 Å². The van der Waals surface area contributed by atoms with Crippen molar-refractivity contribution in [2.75, 3.05) is 7.11 Å². The Bertz CT molecular complexity index is 296. The maximum atomic E-state index is 11.1. The number of alkyl halides is 1. The smallest absolute Gasteiger partial charge is 0.341 e. The van der Waals surface area contributed by atoms with Crippen LogP contribution < -0.4 is 0 Å². The van der Waals surface area contributed by atoms with Crippen LogP contribution in [0.15, 0.2) is 6.20 Å². The first-order chi connectivity index (χ1) is 5.70. The van der Waals surface area contributed by atoms with Gasteiger partial charge < -0.3 is 4.74 Å². The van der Waals surface area contributed by atoms with Gasteiger partial charge in [0, 0.05) is 12.4 Å². The fourth-order valence-electron chi connectivity index (χ4n) is 0.902. The second-order valence-corrected chi connectivity index (χ2v) is 2.81. The van der Waals surface area contributed by atoms with Crippen LogP contribution in [0.5, 0.6) is 0 Å². The molecule has 4 nitrogen and oxygen atoms in total. The summed E-state index contributed by atoms with van der Waals surface area (Å²) in [5.41, 5.74) is 1.33. The molecule has 0 aliphatic rings. The van der Waals surface area contributed by atoms with Crippen molar-refractivity contribution in [3.05, 3.63) is 17.5 Å². The van der Waals surface area contributed by atoms with E-state index in [1.165, 1.54) is 13.3 Å². The fraction of sp³-hybridized carbons (Fsp3) is 0.429. The predicted molar refractivity (Wildman–Crippen MR) is 47.2 cm³/mol. The third-order valence-electron chi connectivity index (χ3n) is 1.59. The third kappa shape index (κ3) is 1.50. The minimum absolute atomic E-state index is 0.349. The van der Waals surface area contributed by atoms with Gasteiger partial charge in [-0.2, -0.15) is 5.10 Å². The summed E-state index contributed by atoms with van der Waals surface area (Å²) in [4.78, 5) is 11.1. The zero-order valence-corrected chi connectivity index (χ0v) is 8.46. The number of aromatic nitrogens is 2. The zero-order chi connectivity index (χ0) is 9.14. The van der Waals surface area contributed by atoms with Crippen LogP contribution in [0.25, 0.3) is 0 Å². The van der Waals surface area contributed by atoms with Crippen molar-refractivity contribution in [1.29, 1.82) is 0 Å². The number of rotatable bonds is 2. The first-order valence-corrected chi connectivity index (χ1v) is 4.48. The molecule has 0 saturated heterocycles. The Morgan fingerprint density at radius 3 is 3.00 bits per heavy atom. The monoisotopic (exact) mass is 232 g/mol. The van der Waals surface area contributed by atoms with Gasteiger partial charge in [-0.1, -0.05) is 15.9 Å². The summed E-state index contributed by atoms with van der Waals surface area (Å²) in [5, 5.41) is 4.53. The maximum absolute atomic E-state index is 11.1. The van der Waals surface area contributed by atoms with Gasteiger partial charge in [-0.3, -0.25) is 4.68 Å². The van der Waals surface area contributed by atoms with Crippen molar-refractivity contribution in [2.24, 2.45) is 7.05 Å². The van der Waals surface area contributed by atoms with Crippen molar-refractivity contribution in [1.82, 2.24) is 9.78 Å². The Balaban J connectivity index is 3.07. The molecular weight excluding hydrogens is 224 g/mol. The molecule has 0 spiro atoms. The normalized spacial score (nSPS) is 9.92. The highest BCUT2D eigenvalue weighted by Gasteiger charge is 2.14. The van der Waals surface area contributed by atoms with Crippen molar-refractivity contribution < 1.29 is 9.53 Å². The molecule has 5 heteroatoms. The Morgan fingerprint density at radius 2 is 2.50 bits per heavy atom. The SMILES string of the molecule is COC(=O)c1cnn(C)c1CBr. The number of halogens is 1. The van der Waals surface area contributed by atoms with Gasteiger partial charge in [0.1, 0.15) is 5.56 Å². The van der Waals surface area contributed by atoms with E-state index in [0.717, 1.165) is 5.69 Å². The Hall–Kier alpha value is -0.840. The van der Waals surface area contributed by atoms with E-state index in [2.05, 4.69) is 25.8 Å². The number of esters is 1. The van der Waals surface area contributed by atoms with Crippen LogP contribution in [-0.2, 0) is 17.1 Å². The van der Waals surface area contributed by atoms with Crippen LogP contribution in [0.4, 0.5) is 0 Å². The average molecular weight is 233 g/mol. The second-order valence-electron chi connectivity index (χ2n) is 2.25. The Kier molecular flexibility index (Phi) is 2.86. The molecule has 1 aromatic rings. The molecule has 1 aromatic heterocycles. The highest BCUT2D eigenvalue weighted by atomic mass is 79.9. The number of carbonyl (C=O) groups is 1. The lowest BCUT2D eigenvalue weighted by atomic mass is 10.3. The van der Waals surface area contributed by atoms with Crippen LogP contribution in [0.1, 0.15) is 16.1 Å². The fourth-order valence-corrected chi connectivity index (χ4v) is 1.57. The number of carbonyl (C=O) groups excluding carboxylic acids is 1. The topological polar surface area (TPSA) is 44.1 Å². The number of hydrogen-bond acceptors (Lipinski definition) is 3. The van der Waals surface area contributed by atoms with E-state index < -0.39 is 0 Å². The molecule has 12 heavy (non-hydrogen) atoms. The summed E-state index contributed by atoms with van der Waals surface area (Å²) in [6.07, 6.45) is 1.50. The van der Waals surface area contributed by atoms with E-state index in [9.17, 15) is 4.79 Å². The number of methoxy groups -OCH3 is 1. The molecule has 1 heterocycles. The van der Waals surface area contributed by atoms with E-state index in [1.807, 2.05) is 0 Å². The largest absolute Gasteiger partial charge is 0.465 e. The highest BCUT2D eigenvalue weighted by Crippen LogP contribution is 2.11. The Morgan fingerprint density at radius 1 is 1.83 bits per heavy atom. The molecule has 0 atom stereocenters. The van der Waals surface area contributed by atoms with Crippen molar-refractivity contribution in [3.63, 3.8) is 0 Å². The molecule has 66 valence electrons. The summed E-state index contributed by atoms with van der Waals surface area (Å²) in [5.74, 6) is -0.349. The van der Waals surface area contributed by atoms with Gasteiger partial charge in [0.25, 0.3) is 0 Å². The van der Waals surface area contributed by atoms with E-state index in [1.54, 1.807) is 11.7 Å². The lowest BCUT2D eigenvalue weighted by Crippen LogP contribution is -2.05. The van der Waals surface area contributed by atoms with Crippen LogP contribution in [0.3, 0.4) is 0 Å². The number of nitrogens with zero attached hydrogens (tertiary/aromatic N) is 2. The molecule has 0 saturated carbocycles. The first kappa shape index (κ1) is 9.25. The zero-order valence-electron chi connectivity index (χ0n) is 6.87. The summed E-state index contributed by atoms with van der Waals surface area (Å²) in [7, 11) is 3.14. The van der Waals surface area contributed by atoms with Gasteiger partial charge >= 0.3 is 5.97 Å². The summed E-state index contributed by atoms with van der Waals surface area (Å²) in [6.45, 7) is 0. The number of aryl methyl sites for hydroxylation is 1. The van der Waals surface area contributed by atoms with Crippen LogP contribution in [0.2, 0.25) is 0 Å². The highest BCUT2D eigenvalue weighted by molar-refractivity contribution is 9.08. The third-order valence-corrected chi connectivity index (χ3v) is 2.12. The molecule has 0 fully saturated rings. The van der Waals surface area contributed by atoms with Gasteiger partial charge in [0.2, 0.25) is 0 Å². The molecular formula is C7H9BrN2O2. The van der Waals surface area contributed by atoms with Crippen LogP contribution >= 0.6 is 15.9 Å².